The summed E-state index contributed by atoms with van der Waals surface area (Å²) in [5.41, 5.74) is -1.58. The number of carbonyl (C=O) groups is 1. The summed E-state index contributed by atoms with van der Waals surface area (Å²) in [5, 5.41) is 4.33. The summed E-state index contributed by atoms with van der Waals surface area (Å²) in [6.45, 7) is 4.61. The molecule has 1 saturated heterocycles. The van der Waals surface area contributed by atoms with Crippen molar-refractivity contribution in [3.05, 3.63) is 60.3 Å². The monoisotopic (exact) mass is 623 g/mol. The van der Waals surface area contributed by atoms with E-state index in [-0.39, 0.29) is 48.1 Å². The molecule has 0 bridgehead atoms. The van der Waals surface area contributed by atoms with Crippen LogP contribution in [0.25, 0.3) is 5.82 Å². The van der Waals surface area contributed by atoms with E-state index in [0.29, 0.717) is 18.2 Å². The first kappa shape index (κ1) is 30.2. The lowest BCUT2D eigenvalue weighted by atomic mass is 10.0. The smallest absolute Gasteiger partial charge is 0.394 e. The van der Waals surface area contributed by atoms with E-state index in [4.69, 9.17) is 9.72 Å². The van der Waals surface area contributed by atoms with E-state index in [1.165, 1.54) is 35.0 Å². The number of rotatable bonds is 10. The number of halogens is 3. The lowest BCUT2D eigenvalue weighted by Gasteiger charge is -2.35. The van der Waals surface area contributed by atoms with Gasteiger partial charge in [-0.15, -0.1) is 16.9 Å². The summed E-state index contributed by atoms with van der Waals surface area (Å²) in [7, 11) is -4.13. The van der Waals surface area contributed by atoms with Crippen molar-refractivity contribution in [3.8, 4) is 11.7 Å². The molecule has 14 heteroatoms. The third-order valence-corrected chi connectivity index (χ3v) is 10.6. The van der Waals surface area contributed by atoms with Crippen LogP contribution in [0.3, 0.4) is 0 Å². The molecule has 2 aromatic heterocycles. The van der Waals surface area contributed by atoms with Crippen LogP contribution in [-0.4, -0.2) is 59.5 Å². The number of hydrogen-bond acceptors (Lipinski definition) is 8. The van der Waals surface area contributed by atoms with Crippen LogP contribution < -0.4 is 14.4 Å². The molecule has 2 aliphatic rings. The van der Waals surface area contributed by atoms with Crippen molar-refractivity contribution in [2.45, 2.75) is 55.5 Å². The van der Waals surface area contributed by atoms with Crippen LogP contribution in [0.4, 0.5) is 19.0 Å². The number of anilines is 1. The van der Waals surface area contributed by atoms with Gasteiger partial charge in [-0.2, -0.15) is 13.2 Å². The highest BCUT2D eigenvalue weighted by molar-refractivity contribution is 8.00. The van der Waals surface area contributed by atoms with E-state index in [1.807, 2.05) is 18.1 Å². The number of sulfonamides is 1. The van der Waals surface area contributed by atoms with Crippen LogP contribution in [0.5, 0.6) is 5.88 Å². The van der Waals surface area contributed by atoms with Gasteiger partial charge in [0.15, 0.2) is 5.82 Å². The Balaban J connectivity index is 1.42. The molecule has 2 atom stereocenters. The first-order valence-corrected chi connectivity index (χ1v) is 16.2. The highest BCUT2D eigenvalue weighted by Crippen LogP contribution is 2.59. The van der Waals surface area contributed by atoms with Crippen molar-refractivity contribution >= 4 is 33.5 Å². The van der Waals surface area contributed by atoms with Crippen molar-refractivity contribution in [2.75, 3.05) is 24.3 Å². The number of nitrogens with zero attached hydrogens (tertiary/aromatic N) is 4. The van der Waals surface area contributed by atoms with Crippen molar-refractivity contribution in [3.63, 3.8) is 0 Å². The topological polar surface area (TPSA) is 106 Å². The van der Waals surface area contributed by atoms with E-state index in [2.05, 4.69) is 16.7 Å². The number of alkyl halides is 3. The fourth-order valence-electron chi connectivity index (χ4n) is 5.30. The number of pyridine rings is 1. The van der Waals surface area contributed by atoms with Crippen LogP contribution in [0, 0.1) is 11.3 Å². The van der Waals surface area contributed by atoms with Crippen molar-refractivity contribution < 1.29 is 31.1 Å². The maximum absolute atomic E-state index is 13.4. The van der Waals surface area contributed by atoms with Crippen LogP contribution in [0.2, 0.25) is 0 Å². The van der Waals surface area contributed by atoms with E-state index >= 15 is 0 Å². The van der Waals surface area contributed by atoms with Gasteiger partial charge in [-0.3, -0.25) is 4.79 Å². The number of carbonyl (C=O) groups excluding carboxylic acids is 1. The molecule has 42 heavy (non-hydrogen) atoms. The minimum atomic E-state index is -4.25. The summed E-state index contributed by atoms with van der Waals surface area (Å²) in [6, 6.07) is 12.2. The van der Waals surface area contributed by atoms with Gasteiger partial charge in [0, 0.05) is 18.8 Å². The second kappa shape index (κ2) is 11.1. The minimum Gasteiger partial charge on any atom is -0.477 e. The summed E-state index contributed by atoms with van der Waals surface area (Å²) < 4.78 is 74.6. The van der Waals surface area contributed by atoms with Gasteiger partial charge in [0.1, 0.15) is 5.82 Å². The second-order valence-corrected chi connectivity index (χ2v) is 14.0. The first-order chi connectivity index (χ1) is 19.8. The molecule has 3 heterocycles. The number of benzene rings is 1. The van der Waals surface area contributed by atoms with Gasteiger partial charge in [-0.1, -0.05) is 25.1 Å². The molecule has 1 aliphatic heterocycles. The fraction of sp³-hybridized carbons (Fsp3) is 0.464. The first-order valence-electron chi connectivity index (χ1n) is 13.5. The Labute approximate surface area is 246 Å². The van der Waals surface area contributed by atoms with E-state index in [0.717, 1.165) is 6.42 Å². The zero-order chi connectivity index (χ0) is 30.3. The normalized spacial score (nSPS) is 21.8. The molecule has 5 rings (SSSR count). The average molecular weight is 624 g/mol. The van der Waals surface area contributed by atoms with Gasteiger partial charge >= 0.3 is 6.18 Å². The molecule has 1 amide bonds. The van der Waals surface area contributed by atoms with Gasteiger partial charge in [-0.25, -0.2) is 22.8 Å². The Hall–Kier alpha value is -3.26. The zero-order valence-corrected chi connectivity index (χ0v) is 25.0. The summed E-state index contributed by atoms with van der Waals surface area (Å²) in [4.78, 5) is 19.7. The van der Waals surface area contributed by atoms with Gasteiger partial charge in [0.25, 0.3) is 15.9 Å². The number of ether oxygens (including phenoxy) is 1. The number of hydrogen-bond donors (Lipinski definition) is 1. The number of nitrogens with one attached hydrogen (secondary N) is 1. The van der Waals surface area contributed by atoms with Gasteiger partial charge in [-0.05, 0) is 69.0 Å². The maximum Gasteiger partial charge on any atom is 0.394 e. The van der Waals surface area contributed by atoms with Crippen molar-refractivity contribution in [2.24, 2.45) is 11.3 Å². The van der Waals surface area contributed by atoms with E-state index < -0.39 is 32.4 Å². The number of amides is 1. The van der Waals surface area contributed by atoms with E-state index in [1.54, 1.807) is 36.2 Å². The van der Waals surface area contributed by atoms with Gasteiger partial charge < -0.3 is 9.64 Å². The lowest BCUT2D eigenvalue weighted by molar-refractivity contribution is -0.190. The van der Waals surface area contributed by atoms with Crippen LogP contribution in [0.15, 0.2) is 59.6 Å². The standard InChI is InChI=1S/C28H32F3N5O4S2/c1-19-17-26(2,41-3)35(18-19)24-21(25(37)34-42(38,39)20-7-5-4-6-8-20)9-10-22(32-24)36-15-11-23(33-36)40-16-14-27(12-13-27)28(29,30)31/h4-11,15,19H,12-14,16-18H2,1-3H3,(H,34,37)/t19-,26?/m0/s1. The Kier molecular flexibility index (Phi) is 7.98. The molecular formula is C28H32F3N5O4S2. The molecule has 1 unspecified atom stereocenters. The van der Waals surface area contributed by atoms with Crippen LogP contribution >= 0.6 is 11.8 Å². The summed E-state index contributed by atoms with van der Waals surface area (Å²) >= 11 is 1.61. The maximum atomic E-state index is 13.4. The Morgan fingerprint density at radius 1 is 1.17 bits per heavy atom. The number of aromatic nitrogens is 3. The molecule has 1 aromatic carbocycles. The van der Waals surface area contributed by atoms with Crippen molar-refractivity contribution in [1.29, 1.82) is 0 Å². The lowest BCUT2D eigenvalue weighted by Crippen LogP contribution is -2.41. The van der Waals surface area contributed by atoms with Gasteiger partial charge in [0.05, 0.1) is 27.4 Å². The van der Waals surface area contributed by atoms with Crippen molar-refractivity contribution in [1.82, 2.24) is 19.5 Å². The third kappa shape index (κ3) is 5.96. The predicted octanol–water partition coefficient (Wildman–Crippen LogP) is 5.42. The Morgan fingerprint density at radius 3 is 2.52 bits per heavy atom. The highest BCUT2D eigenvalue weighted by Gasteiger charge is 2.62. The minimum absolute atomic E-state index is 0.0415. The second-order valence-electron chi connectivity index (χ2n) is 11.1. The average Bonchev–Trinajstić information content (AvgIpc) is 3.50. The molecule has 9 nitrogen and oxygen atoms in total. The van der Waals surface area contributed by atoms with Crippen LogP contribution in [-0.2, 0) is 10.0 Å². The predicted molar refractivity (Wildman–Crippen MR) is 153 cm³/mol. The fourth-order valence-corrected chi connectivity index (χ4v) is 7.12. The number of thioether (sulfide) groups is 1. The molecule has 3 aromatic rings. The SMILES string of the molecule is CSC1(C)C[C@H](C)CN1c1nc(-n2ccc(OCCC3(C(F)(F)F)CC3)n2)ccc1C(=O)NS(=O)(=O)c1ccccc1. The zero-order valence-electron chi connectivity index (χ0n) is 23.4. The highest BCUT2D eigenvalue weighted by atomic mass is 32.2. The molecule has 1 N–H and O–H groups in total. The molecule has 226 valence electrons. The Bertz CT molecular complexity index is 1560. The van der Waals surface area contributed by atoms with Crippen LogP contribution in [0.1, 0.15) is 49.9 Å². The van der Waals surface area contributed by atoms with E-state index in [9.17, 15) is 26.4 Å². The molecule has 1 saturated carbocycles. The molecule has 1 aliphatic carbocycles. The summed E-state index contributed by atoms with van der Waals surface area (Å²) in [5.74, 6) is 0.246. The third-order valence-electron chi connectivity index (χ3n) is 7.96. The summed E-state index contributed by atoms with van der Waals surface area (Å²) in [6.07, 6.45) is 0.191. The van der Waals surface area contributed by atoms with Gasteiger partial charge in [0.2, 0.25) is 5.88 Å². The quantitative estimate of drug-likeness (QED) is 0.319. The molecular weight excluding hydrogens is 591 g/mol. The largest absolute Gasteiger partial charge is 0.477 e. The molecule has 0 radical (unpaired) electrons. The molecule has 0 spiro atoms. The molecule has 2 fully saturated rings. The Morgan fingerprint density at radius 2 is 1.88 bits per heavy atom.